The minimum Gasteiger partial charge on any atom is -0.311 e. The predicted octanol–water partition coefficient (Wildman–Crippen LogP) is 1.75. The number of aromatic nitrogens is 2. The van der Waals surface area contributed by atoms with E-state index in [0.29, 0.717) is 6.04 Å². The molecule has 0 spiro atoms. The van der Waals surface area contributed by atoms with Crippen LogP contribution in [-0.2, 0) is 20.0 Å². The number of hydrogen-bond acceptors (Lipinski definition) is 3. The van der Waals surface area contributed by atoms with E-state index in [0.717, 1.165) is 38.3 Å². The van der Waals surface area contributed by atoms with E-state index in [1.165, 1.54) is 11.3 Å². The number of nitrogens with one attached hydrogen (secondary N) is 1. The summed E-state index contributed by atoms with van der Waals surface area (Å²) in [5.41, 5.74) is 3.81. The molecule has 1 aliphatic rings. The minimum absolute atomic E-state index is 0.537. The lowest BCUT2D eigenvalue weighted by Gasteiger charge is -2.33. The summed E-state index contributed by atoms with van der Waals surface area (Å²) in [5.74, 6) is 0. The first-order valence-corrected chi connectivity index (χ1v) is 7.70. The van der Waals surface area contributed by atoms with Crippen molar-refractivity contribution in [1.29, 1.82) is 0 Å². The van der Waals surface area contributed by atoms with Crippen LogP contribution in [0.3, 0.4) is 0 Å². The summed E-state index contributed by atoms with van der Waals surface area (Å²) < 4.78 is 2.00. The molecular formula is C17H24N4. The van der Waals surface area contributed by atoms with Gasteiger partial charge in [0.05, 0.1) is 11.4 Å². The number of rotatable bonds is 4. The van der Waals surface area contributed by atoms with Crippen LogP contribution in [0.2, 0.25) is 0 Å². The van der Waals surface area contributed by atoms with Crippen molar-refractivity contribution in [2.45, 2.75) is 25.9 Å². The van der Waals surface area contributed by atoms with Crippen LogP contribution in [0.4, 0.5) is 0 Å². The molecule has 4 nitrogen and oxygen atoms in total. The number of benzene rings is 1. The molecule has 2 aromatic rings. The Morgan fingerprint density at radius 2 is 2.10 bits per heavy atom. The molecule has 0 saturated carbocycles. The second-order valence-corrected chi connectivity index (χ2v) is 5.98. The fourth-order valence-electron chi connectivity index (χ4n) is 3.11. The van der Waals surface area contributed by atoms with Crippen molar-refractivity contribution in [2.75, 3.05) is 19.6 Å². The van der Waals surface area contributed by atoms with E-state index in [9.17, 15) is 0 Å². The van der Waals surface area contributed by atoms with Crippen LogP contribution in [0, 0.1) is 6.92 Å². The number of nitrogens with zero attached hydrogens (tertiary/aromatic N) is 3. The maximum Gasteiger partial charge on any atom is 0.0597 e. The van der Waals surface area contributed by atoms with Gasteiger partial charge in [0.25, 0.3) is 0 Å². The summed E-state index contributed by atoms with van der Waals surface area (Å²) in [6.45, 7) is 6.31. The molecular weight excluding hydrogens is 260 g/mol. The van der Waals surface area contributed by atoms with E-state index >= 15 is 0 Å². The van der Waals surface area contributed by atoms with E-state index in [-0.39, 0.29) is 0 Å². The summed E-state index contributed by atoms with van der Waals surface area (Å²) >= 11 is 0. The van der Waals surface area contributed by atoms with Crippen molar-refractivity contribution in [1.82, 2.24) is 20.0 Å². The van der Waals surface area contributed by atoms with Crippen LogP contribution < -0.4 is 5.32 Å². The SMILES string of the molecule is Cc1cc(CN2CCNC(Cc3ccccc3)C2)n(C)n1. The zero-order valence-corrected chi connectivity index (χ0v) is 12.9. The van der Waals surface area contributed by atoms with Crippen molar-refractivity contribution in [3.63, 3.8) is 0 Å². The molecule has 1 aromatic carbocycles. The lowest BCUT2D eigenvalue weighted by Crippen LogP contribution is -2.51. The highest BCUT2D eigenvalue weighted by atomic mass is 15.3. The Kier molecular flexibility index (Phi) is 4.36. The molecule has 1 atom stereocenters. The Morgan fingerprint density at radius 1 is 1.29 bits per heavy atom. The zero-order valence-electron chi connectivity index (χ0n) is 12.9. The van der Waals surface area contributed by atoms with Crippen LogP contribution in [0.15, 0.2) is 36.4 Å². The van der Waals surface area contributed by atoms with Crippen LogP contribution in [-0.4, -0.2) is 40.4 Å². The normalized spacial score (nSPS) is 19.8. The third kappa shape index (κ3) is 3.71. The highest BCUT2D eigenvalue weighted by Crippen LogP contribution is 2.11. The van der Waals surface area contributed by atoms with Crippen molar-refractivity contribution < 1.29 is 0 Å². The molecule has 0 amide bonds. The molecule has 0 bridgehead atoms. The van der Waals surface area contributed by atoms with Gasteiger partial charge in [0.15, 0.2) is 0 Å². The third-order valence-electron chi connectivity index (χ3n) is 4.15. The first-order chi connectivity index (χ1) is 10.2. The van der Waals surface area contributed by atoms with Gasteiger partial charge in [-0.15, -0.1) is 0 Å². The van der Waals surface area contributed by atoms with Gasteiger partial charge in [-0.05, 0) is 25.0 Å². The molecule has 1 unspecified atom stereocenters. The molecule has 21 heavy (non-hydrogen) atoms. The minimum atomic E-state index is 0.537. The molecule has 1 N–H and O–H groups in total. The Labute approximate surface area is 126 Å². The lowest BCUT2D eigenvalue weighted by atomic mass is 10.0. The van der Waals surface area contributed by atoms with Gasteiger partial charge in [0, 0.05) is 39.3 Å². The topological polar surface area (TPSA) is 33.1 Å². The second-order valence-electron chi connectivity index (χ2n) is 5.98. The standard InChI is InChI=1S/C17H24N4/c1-14-10-17(20(2)19-14)13-21-9-8-18-16(12-21)11-15-6-4-3-5-7-15/h3-7,10,16,18H,8-9,11-13H2,1-2H3. The fourth-order valence-corrected chi connectivity index (χ4v) is 3.11. The van der Waals surface area contributed by atoms with Gasteiger partial charge in [-0.25, -0.2) is 0 Å². The maximum absolute atomic E-state index is 4.44. The molecule has 3 rings (SSSR count). The van der Waals surface area contributed by atoms with Gasteiger partial charge in [-0.1, -0.05) is 30.3 Å². The number of hydrogen-bond donors (Lipinski definition) is 1. The van der Waals surface area contributed by atoms with Crippen molar-refractivity contribution in [3.8, 4) is 0 Å². The monoisotopic (exact) mass is 284 g/mol. The van der Waals surface area contributed by atoms with Crippen molar-refractivity contribution in [2.24, 2.45) is 7.05 Å². The third-order valence-corrected chi connectivity index (χ3v) is 4.15. The summed E-state index contributed by atoms with van der Waals surface area (Å²) in [6.07, 6.45) is 1.10. The Balaban J connectivity index is 1.59. The molecule has 1 saturated heterocycles. The van der Waals surface area contributed by atoms with Crippen LogP contribution in [0.1, 0.15) is 17.0 Å². The average molecular weight is 284 g/mol. The van der Waals surface area contributed by atoms with Crippen molar-refractivity contribution >= 4 is 0 Å². The van der Waals surface area contributed by atoms with E-state index in [1.54, 1.807) is 0 Å². The second kappa shape index (κ2) is 6.41. The molecule has 1 aliphatic heterocycles. The van der Waals surface area contributed by atoms with Gasteiger partial charge in [0.1, 0.15) is 0 Å². The molecule has 112 valence electrons. The van der Waals surface area contributed by atoms with E-state index in [4.69, 9.17) is 0 Å². The van der Waals surface area contributed by atoms with Gasteiger partial charge >= 0.3 is 0 Å². The fraction of sp³-hybridized carbons (Fsp3) is 0.471. The Morgan fingerprint density at radius 3 is 2.81 bits per heavy atom. The largest absolute Gasteiger partial charge is 0.311 e. The molecule has 4 heteroatoms. The number of aryl methyl sites for hydroxylation is 2. The van der Waals surface area contributed by atoms with Crippen LogP contribution >= 0.6 is 0 Å². The van der Waals surface area contributed by atoms with E-state index in [1.807, 2.05) is 11.7 Å². The van der Waals surface area contributed by atoms with Crippen LogP contribution in [0.25, 0.3) is 0 Å². The molecule has 1 fully saturated rings. The Bertz CT molecular complexity index is 576. The average Bonchev–Trinajstić information content (AvgIpc) is 2.78. The maximum atomic E-state index is 4.44. The van der Waals surface area contributed by atoms with Gasteiger partial charge in [-0.3, -0.25) is 9.58 Å². The van der Waals surface area contributed by atoms with Gasteiger partial charge in [-0.2, -0.15) is 5.10 Å². The van der Waals surface area contributed by atoms with Crippen molar-refractivity contribution in [3.05, 3.63) is 53.3 Å². The van der Waals surface area contributed by atoms with Gasteiger partial charge in [0.2, 0.25) is 0 Å². The van der Waals surface area contributed by atoms with E-state index < -0.39 is 0 Å². The lowest BCUT2D eigenvalue weighted by molar-refractivity contribution is 0.188. The highest BCUT2D eigenvalue weighted by molar-refractivity contribution is 5.16. The summed E-state index contributed by atoms with van der Waals surface area (Å²) in [6, 6.07) is 13.5. The van der Waals surface area contributed by atoms with E-state index in [2.05, 4.69) is 58.6 Å². The summed E-state index contributed by atoms with van der Waals surface area (Å²) in [7, 11) is 2.03. The predicted molar refractivity (Wildman–Crippen MR) is 85.2 cm³/mol. The molecule has 0 aliphatic carbocycles. The summed E-state index contributed by atoms with van der Waals surface area (Å²) in [4.78, 5) is 2.53. The molecule has 0 radical (unpaired) electrons. The molecule has 1 aromatic heterocycles. The van der Waals surface area contributed by atoms with Gasteiger partial charge < -0.3 is 5.32 Å². The quantitative estimate of drug-likeness (QED) is 0.928. The molecule has 2 heterocycles. The highest BCUT2D eigenvalue weighted by Gasteiger charge is 2.20. The summed E-state index contributed by atoms with van der Waals surface area (Å²) in [5, 5.41) is 8.08. The zero-order chi connectivity index (χ0) is 14.7. The smallest absolute Gasteiger partial charge is 0.0597 e. The number of piperazine rings is 1. The first kappa shape index (κ1) is 14.3. The Hall–Kier alpha value is -1.65. The first-order valence-electron chi connectivity index (χ1n) is 7.70. The van der Waals surface area contributed by atoms with Crippen LogP contribution in [0.5, 0.6) is 0 Å².